The van der Waals surface area contributed by atoms with Crippen LogP contribution in [0.3, 0.4) is 0 Å². The standard InChI is InChI=1S/C12H10F2O3/c1-2-17-12(16)10(14)7-11(15)8-3-5-9(13)6-4-8/h3-7H,2H2,1H3/b10-7-. The average Bonchev–Trinajstić information content (AvgIpc) is 2.30. The van der Waals surface area contributed by atoms with Crippen molar-refractivity contribution in [1.82, 2.24) is 0 Å². The first kappa shape index (κ1) is 13.0. The van der Waals surface area contributed by atoms with E-state index in [1.807, 2.05) is 0 Å². The normalized spacial score (nSPS) is 11.1. The fraction of sp³-hybridized carbons (Fsp3) is 0.167. The molecular weight excluding hydrogens is 230 g/mol. The fourth-order valence-corrected chi connectivity index (χ4v) is 1.07. The first-order chi connectivity index (χ1) is 8.04. The second-order valence-electron chi connectivity index (χ2n) is 3.08. The lowest BCUT2D eigenvalue weighted by atomic mass is 10.1. The van der Waals surface area contributed by atoms with Crippen LogP contribution in [-0.4, -0.2) is 18.4 Å². The summed E-state index contributed by atoms with van der Waals surface area (Å²) in [6.07, 6.45) is 0.519. The number of esters is 1. The third kappa shape index (κ3) is 3.79. The van der Waals surface area contributed by atoms with Crippen molar-refractivity contribution in [2.24, 2.45) is 0 Å². The Morgan fingerprint density at radius 1 is 1.29 bits per heavy atom. The molecule has 0 spiro atoms. The number of hydrogen-bond acceptors (Lipinski definition) is 3. The van der Waals surface area contributed by atoms with Gasteiger partial charge < -0.3 is 4.74 Å². The number of rotatable bonds is 4. The lowest BCUT2D eigenvalue weighted by molar-refractivity contribution is -0.140. The maximum absolute atomic E-state index is 13.1. The van der Waals surface area contributed by atoms with E-state index in [1.54, 1.807) is 0 Å². The van der Waals surface area contributed by atoms with Crippen LogP contribution >= 0.6 is 0 Å². The molecule has 0 aliphatic carbocycles. The Labute approximate surface area is 96.7 Å². The molecule has 0 aromatic heterocycles. The summed E-state index contributed by atoms with van der Waals surface area (Å²) >= 11 is 0. The van der Waals surface area contributed by atoms with Gasteiger partial charge in [-0.25, -0.2) is 9.18 Å². The van der Waals surface area contributed by atoms with Gasteiger partial charge in [0.05, 0.1) is 6.61 Å². The van der Waals surface area contributed by atoms with Crippen molar-refractivity contribution in [3.8, 4) is 0 Å². The van der Waals surface area contributed by atoms with Gasteiger partial charge in [0.2, 0.25) is 5.83 Å². The predicted molar refractivity (Wildman–Crippen MR) is 56.6 cm³/mol. The molecule has 17 heavy (non-hydrogen) atoms. The largest absolute Gasteiger partial charge is 0.461 e. The summed E-state index contributed by atoms with van der Waals surface area (Å²) in [7, 11) is 0. The quantitative estimate of drug-likeness (QED) is 0.461. The van der Waals surface area contributed by atoms with Gasteiger partial charge in [-0.3, -0.25) is 4.79 Å². The van der Waals surface area contributed by atoms with Crippen LogP contribution in [0, 0.1) is 5.82 Å². The number of hydrogen-bond donors (Lipinski definition) is 0. The third-order valence-corrected chi connectivity index (χ3v) is 1.86. The first-order valence-electron chi connectivity index (χ1n) is 4.88. The molecule has 0 N–H and O–H groups in total. The van der Waals surface area contributed by atoms with Crippen molar-refractivity contribution in [2.75, 3.05) is 6.61 Å². The van der Waals surface area contributed by atoms with Crippen LogP contribution in [0.4, 0.5) is 8.78 Å². The number of carbonyl (C=O) groups is 2. The van der Waals surface area contributed by atoms with Gasteiger partial charge in [-0.05, 0) is 31.2 Å². The number of halogens is 2. The summed E-state index contributed by atoms with van der Waals surface area (Å²) in [6.45, 7) is 1.54. The lowest BCUT2D eigenvalue weighted by Crippen LogP contribution is -2.06. The highest BCUT2D eigenvalue weighted by atomic mass is 19.1. The molecule has 0 amide bonds. The van der Waals surface area contributed by atoms with Crippen LogP contribution < -0.4 is 0 Å². The lowest BCUT2D eigenvalue weighted by Gasteiger charge is -1.98. The average molecular weight is 240 g/mol. The second kappa shape index (κ2) is 5.89. The smallest absolute Gasteiger partial charge is 0.367 e. The Bertz CT molecular complexity index is 449. The molecule has 5 heteroatoms. The number of ether oxygens (including phenoxy) is 1. The topological polar surface area (TPSA) is 43.4 Å². The van der Waals surface area contributed by atoms with Gasteiger partial charge in [-0.2, -0.15) is 4.39 Å². The molecule has 0 atom stereocenters. The molecule has 0 bridgehead atoms. The Morgan fingerprint density at radius 2 is 1.88 bits per heavy atom. The maximum atomic E-state index is 13.1. The molecule has 0 radical (unpaired) electrons. The summed E-state index contributed by atoms with van der Waals surface area (Å²) in [5.41, 5.74) is 0.0887. The summed E-state index contributed by atoms with van der Waals surface area (Å²) < 4.78 is 30.0. The maximum Gasteiger partial charge on any atom is 0.367 e. The zero-order valence-electron chi connectivity index (χ0n) is 9.07. The van der Waals surface area contributed by atoms with Gasteiger partial charge in [-0.15, -0.1) is 0 Å². The zero-order chi connectivity index (χ0) is 12.8. The minimum absolute atomic E-state index is 0.0187. The van der Waals surface area contributed by atoms with E-state index in [0.717, 1.165) is 12.1 Å². The molecule has 0 saturated heterocycles. The van der Waals surface area contributed by atoms with Crippen molar-refractivity contribution >= 4 is 11.8 Å². The van der Waals surface area contributed by atoms with Crippen LogP contribution in [-0.2, 0) is 9.53 Å². The van der Waals surface area contributed by atoms with E-state index in [1.165, 1.54) is 19.1 Å². The van der Waals surface area contributed by atoms with Gasteiger partial charge >= 0.3 is 5.97 Å². The molecule has 0 aliphatic rings. The van der Waals surface area contributed by atoms with E-state index in [4.69, 9.17) is 0 Å². The van der Waals surface area contributed by atoms with E-state index in [9.17, 15) is 18.4 Å². The van der Waals surface area contributed by atoms with Crippen LogP contribution in [0.15, 0.2) is 36.2 Å². The Morgan fingerprint density at radius 3 is 2.41 bits per heavy atom. The summed E-state index contributed by atoms with van der Waals surface area (Å²) in [4.78, 5) is 22.3. The van der Waals surface area contributed by atoms with Crippen LogP contribution in [0.5, 0.6) is 0 Å². The zero-order valence-corrected chi connectivity index (χ0v) is 9.07. The number of ketones is 1. The van der Waals surface area contributed by atoms with Gasteiger partial charge in [0.15, 0.2) is 5.78 Å². The van der Waals surface area contributed by atoms with Crippen LogP contribution in [0.1, 0.15) is 17.3 Å². The van der Waals surface area contributed by atoms with E-state index < -0.39 is 23.4 Å². The molecule has 0 unspecified atom stereocenters. The molecular formula is C12H10F2O3. The van der Waals surface area contributed by atoms with Gasteiger partial charge in [0.25, 0.3) is 0 Å². The SMILES string of the molecule is CCOC(=O)/C(F)=C/C(=O)c1ccc(F)cc1. The minimum atomic E-state index is -1.28. The Hall–Kier alpha value is -2.04. The summed E-state index contributed by atoms with van der Waals surface area (Å²) in [6, 6.07) is 4.55. The van der Waals surface area contributed by atoms with Crippen molar-refractivity contribution in [2.45, 2.75) is 6.92 Å². The van der Waals surface area contributed by atoms with Crippen molar-refractivity contribution < 1.29 is 23.1 Å². The van der Waals surface area contributed by atoms with Crippen molar-refractivity contribution in [1.29, 1.82) is 0 Å². The van der Waals surface area contributed by atoms with E-state index in [0.29, 0.717) is 6.08 Å². The molecule has 1 rings (SSSR count). The summed E-state index contributed by atoms with van der Waals surface area (Å²) in [5.74, 6) is -3.70. The third-order valence-electron chi connectivity index (χ3n) is 1.86. The number of allylic oxidation sites excluding steroid dienone is 1. The predicted octanol–water partition coefficient (Wildman–Crippen LogP) is 2.42. The first-order valence-corrected chi connectivity index (χ1v) is 4.88. The molecule has 90 valence electrons. The molecule has 0 heterocycles. The highest BCUT2D eigenvalue weighted by Gasteiger charge is 2.12. The van der Waals surface area contributed by atoms with E-state index in [2.05, 4.69) is 4.74 Å². The molecule has 1 aromatic rings. The van der Waals surface area contributed by atoms with E-state index in [-0.39, 0.29) is 12.2 Å². The monoisotopic (exact) mass is 240 g/mol. The van der Waals surface area contributed by atoms with Crippen molar-refractivity contribution in [3.63, 3.8) is 0 Å². The van der Waals surface area contributed by atoms with Crippen LogP contribution in [0.2, 0.25) is 0 Å². The molecule has 1 aromatic carbocycles. The molecule has 0 aliphatic heterocycles. The number of benzene rings is 1. The van der Waals surface area contributed by atoms with Crippen molar-refractivity contribution in [3.05, 3.63) is 47.5 Å². The summed E-state index contributed by atoms with van der Waals surface area (Å²) in [5, 5.41) is 0. The van der Waals surface area contributed by atoms with Gasteiger partial charge in [0.1, 0.15) is 5.82 Å². The fourth-order valence-electron chi connectivity index (χ4n) is 1.07. The minimum Gasteiger partial charge on any atom is -0.461 e. The molecule has 3 nitrogen and oxygen atoms in total. The molecule has 0 fully saturated rings. The van der Waals surface area contributed by atoms with E-state index >= 15 is 0 Å². The van der Waals surface area contributed by atoms with Gasteiger partial charge in [0, 0.05) is 11.6 Å². The van der Waals surface area contributed by atoms with Crippen LogP contribution in [0.25, 0.3) is 0 Å². The molecule has 0 saturated carbocycles. The highest BCUT2D eigenvalue weighted by molar-refractivity contribution is 6.07. The highest BCUT2D eigenvalue weighted by Crippen LogP contribution is 2.07. The Balaban J connectivity index is 2.81. The Kier molecular flexibility index (Phi) is 4.51. The number of carbonyl (C=O) groups excluding carboxylic acids is 2. The second-order valence-corrected chi connectivity index (χ2v) is 3.08. The van der Waals surface area contributed by atoms with Gasteiger partial charge in [-0.1, -0.05) is 0 Å².